The largest absolute Gasteiger partial charge is 0.416 e. The van der Waals surface area contributed by atoms with Gasteiger partial charge < -0.3 is 15.7 Å². The number of anilines is 3. The van der Waals surface area contributed by atoms with Crippen molar-refractivity contribution in [1.29, 1.82) is 0 Å². The summed E-state index contributed by atoms with van der Waals surface area (Å²) < 4.78 is 59.9. The highest BCUT2D eigenvalue weighted by molar-refractivity contribution is 6.07. The number of hydrogen-bond acceptors (Lipinski definition) is 7. The molecule has 0 unspecified atom stereocenters. The molecule has 0 spiro atoms. The predicted octanol–water partition coefficient (Wildman–Crippen LogP) is 5.68. The van der Waals surface area contributed by atoms with Crippen LogP contribution in [0.15, 0.2) is 90.3 Å². The number of aryl methyl sites for hydroxylation is 1. The summed E-state index contributed by atoms with van der Waals surface area (Å²) in [6, 6.07) is 7.02. The fraction of sp³-hybridized carbons (Fsp3) is 0.306. The van der Waals surface area contributed by atoms with Gasteiger partial charge in [0, 0.05) is 70.0 Å². The number of fused-ring (bicyclic) bond motifs is 1. The maximum atomic E-state index is 14.8. The zero-order chi connectivity index (χ0) is 36.0. The molecule has 0 atom stereocenters. The molecule has 50 heavy (non-hydrogen) atoms. The van der Waals surface area contributed by atoms with Crippen LogP contribution in [-0.2, 0) is 24.6 Å². The zero-order valence-electron chi connectivity index (χ0n) is 28.0. The molecule has 10 nitrogen and oxygen atoms in total. The van der Waals surface area contributed by atoms with Crippen molar-refractivity contribution in [2.75, 3.05) is 50.0 Å². The molecule has 262 valence electrons. The molecular weight excluding hydrogens is 652 g/mol. The second kappa shape index (κ2) is 15.5. The Bertz CT molecular complexity index is 2000. The number of pyridine rings is 1. The van der Waals surface area contributed by atoms with Gasteiger partial charge in [-0.2, -0.15) is 18.3 Å². The molecule has 1 fully saturated rings. The Morgan fingerprint density at radius 2 is 1.84 bits per heavy atom. The number of aliphatic hydroxyl groups is 1. The molecule has 1 saturated heterocycles. The predicted molar refractivity (Wildman–Crippen MR) is 184 cm³/mol. The molecule has 3 N–H and O–H groups in total. The lowest BCUT2D eigenvalue weighted by atomic mass is 10.0. The minimum Gasteiger partial charge on any atom is -0.395 e. The van der Waals surface area contributed by atoms with Crippen molar-refractivity contribution >= 4 is 28.6 Å². The van der Waals surface area contributed by atoms with Crippen LogP contribution in [0, 0.1) is 11.8 Å². The van der Waals surface area contributed by atoms with Gasteiger partial charge >= 0.3 is 6.18 Å². The summed E-state index contributed by atoms with van der Waals surface area (Å²) in [6.07, 6.45) is 3.45. The highest BCUT2D eigenvalue weighted by Crippen LogP contribution is 2.33. The normalized spacial score (nSPS) is 14.3. The van der Waals surface area contributed by atoms with E-state index in [4.69, 9.17) is 0 Å². The number of carbonyl (C=O) groups is 1. The molecule has 1 amide bonds. The van der Waals surface area contributed by atoms with Crippen LogP contribution in [0.5, 0.6) is 0 Å². The van der Waals surface area contributed by atoms with Crippen molar-refractivity contribution in [3.8, 4) is 11.8 Å². The highest BCUT2D eigenvalue weighted by Gasteiger charge is 2.32. The number of imidazole rings is 1. The maximum Gasteiger partial charge on any atom is 0.416 e. The molecule has 3 aromatic heterocycles. The van der Waals surface area contributed by atoms with Crippen LogP contribution >= 0.6 is 0 Å². The van der Waals surface area contributed by atoms with Crippen molar-refractivity contribution in [3.05, 3.63) is 107 Å². The molecule has 1 aliphatic heterocycles. The van der Waals surface area contributed by atoms with Crippen molar-refractivity contribution in [2.24, 2.45) is 7.05 Å². The lowest BCUT2D eigenvalue weighted by Crippen LogP contribution is -2.46. The number of aromatic nitrogens is 4. The van der Waals surface area contributed by atoms with E-state index in [1.807, 2.05) is 30.3 Å². The molecular formula is C36H38F4N8O2. The van der Waals surface area contributed by atoms with E-state index in [1.54, 1.807) is 41.5 Å². The molecule has 4 heterocycles. The number of halogens is 4. The number of aliphatic hydroxyl groups excluding tert-OH is 1. The molecule has 14 heteroatoms. The van der Waals surface area contributed by atoms with Crippen LogP contribution in [-0.4, -0.2) is 79.3 Å². The topological polar surface area (TPSA) is 103 Å². The van der Waals surface area contributed by atoms with Gasteiger partial charge in [0.05, 0.1) is 41.5 Å². The van der Waals surface area contributed by atoms with Crippen LogP contribution in [0.4, 0.5) is 34.6 Å². The Kier molecular flexibility index (Phi) is 11.2. The van der Waals surface area contributed by atoms with Crippen LogP contribution in [0.25, 0.3) is 5.65 Å². The third kappa shape index (κ3) is 9.06. The number of allylic oxidation sites excluding steroid dienone is 3. The first-order valence-corrected chi connectivity index (χ1v) is 15.9. The van der Waals surface area contributed by atoms with E-state index in [0.717, 1.165) is 23.5 Å². The maximum absolute atomic E-state index is 14.8. The van der Waals surface area contributed by atoms with E-state index in [-0.39, 0.29) is 18.8 Å². The van der Waals surface area contributed by atoms with E-state index < -0.39 is 29.0 Å². The monoisotopic (exact) mass is 690 g/mol. The first-order valence-electron chi connectivity index (χ1n) is 15.9. The fourth-order valence-electron chi connectivity index (χ4n) is 5.48. The average molecular weight is 691 g/mol. The summed E-state index contributed by atoms with van der Waals surface area (Å²) in [5.41, 5.74) is 2.43. The van der Waals surface area contributed by atoms with E-state index >= 15 is 0 Å². The Labute approximate surface area is 287 Å². The number of nitrogens with one attached hydrogen (secondary N) is 2. The lowest BCUT2D eigenvalue weighted by molar-refractivity contribution is -0.137. The number of carbonyl (C=O) groups excluding carboxylic acids is 1. The number of alkyl halides is 3. The van der Waals surface area contributed by atoms with Gasteiger partial charge in [-0.1, -0.05) is 18.1 Å². The molecule has 5 rings (SSSR count). The van der Waals surface area contributed by atoms with Crippen LogP contribution < -0.4 is 10.6 Å². The van der Waals surface area contributed by atoms with Gasteiger partial charge in [0.1, 0.15) is 11.5 Å². The number of amides is 1. The standard InChI is InChI=1S/C36H38F4N8O2/c1-24(2)27(7-8-31-21-41-34-33(6-5-9-48(31)34)43-30-20-42-45(4)23-30)18-32(25(3)37)35(50)44-29-17-26(16-28(19-29)36(38,39)40)22-47-12-10-46(11-13-47)14-15-49/h5-6,9,16-21,23,43,49H,3,10-15,22H2,1-2,4H3,(H,44,50)/b32-18+. The second-order valence-electron chi connectivity index (χ2n) is 12.1. The molecule has 0 radical (unpaired) electrons. The minimum atomic E-state index is -4.67. The second-order valence-corrected chi connectivity index (χ2v) is 12.1. The molecule has 0 bridgehead atoms. The van der Waals surface area contributed by atoms with Gasteiger partial charge in [0.25, 0.3) is 5.91 Å². The highest BCUT2D eigenvalue weighted by atomic mass is 19.4. The van der Waals surface area contributed by atoms with Gasteiger partial charge in [0.2, 0.25) is 0 Å². The summed E-state index contributed by atoms with van der Waals surface area (Å²) in [5.74, 6) is 3.97. The van der Waals surface area contributed by atoms with Gasteiger partial charge in [0.15, 0.2) is 5.65 Å². The average Bonchev–Trinajstić information content (AvgIpc) is 3.67. The number of nitrogens with zero attached hydrogens (tertiary/aromatic N) is 6. The van der Waals surface area contributed by atoms with Crippen molar-refractivity contribution in [2.45, 2.75) is 26.6 Å². The summed E-state index contributed by atoms with van der Waals surface area (Å²) >= 11 is 0. The van der Waals surface area contributed by atoms with E-state index in [0.29, 0.717) is 60.8 Å². The van der Waals surface area contributed by atoms with Crippen molar-refractivity contribution < 1.29 is 27.5 Å². The molecule has 1 aliphatic rings. The van der Waals surface area contributed by atoms with Crippen LogP contribution in [0.2, 0.25) is 0 Å². The third-order valence-corrected chi connectivity index (χ3v) is 8.07. The first kappa shape index (κ1) is 36.1. The van der Waals surface area contributed by atoms with E-state index in [9.17, 15) is 27.5 Å². The van der Waals surface area contributed by atoms with Crippen molar-refractivity contribution in [1.82, 2.24) is 29.0 Å². The SMILES string of the molecule is C=C(F)/C(=C\C(C#Cc1cnc2c(Nc3cnn(C)c3)cccn12)=C(C)C)C(=O)Nc1cc(CN2CCN(CCO)CC2)cc(C(F)(F)F)c1. The van der Waals surface area contributed by atoms with Gasteiger partial charge in [-0.05, 0) is 61.7 Å². The van der Waals surface area contributed by atoms with E-state index in [2.05, 4.69) is 44.0 Å². The fourth-order valence-corrected chi connectivity index (χ4v) is 5.48. The smallest absolute Gasteiger partial charge is 0.395 e. The number of rotatable bonds is 10. The molecule has 0 saturated carbocycles. The van der Waals surface area contributed by atoms with Gasteiger partial charge in [-0.15, -0.1) is 0 Å². The third-order valence-electron chi connectivity index (χ3n) is 8.07. The Balaban J connectivity index is 1.38. The number of β-amino-alcohol motifs (C(OH)–C–C–N with tert-alkyl or cyclic N) is 1. The number of piperazine rings is 1. The minimum absolute atomic E-state index is 0.0364. The zero-order valence-corrected chi connectivity index (χ0v) is 28.0. The van der Waals surface area contributed by atoms with Gasteiger partial charge in [-0.3, -0.25) is 23.7 Å². The summed E-state index contributed by atoms with van der Waals surface area (Å²) in [7, 11) is 1.81. The quantitative estimate of drug-likeness (QED) is 0.0853. The lowest BCUT2D eigenvalue weighted by Gasteiger charge is -2.34. The van der Waals surface area contributed by atoms with Crippen molar-refractivity contribution in [3.63, 3.8) is 0 Å². The number of benzene rings is 1. The molecule has 1 aromatic carbocycles. The number of hydrogen-bond donors (Lipinski definition) is 3. The summed E-state index contributed by atoms with van der Waals surface area (Å²) in [5, 5.41) is 19.1. The Morgan fingerprint density at radius 3 is 2.48 bits per heavy atom. The Morgan fingerprint density at radius 1 is 1.10 bits per heavy atom. The molecule has 4 aromatic rings. The van der Waals surface area contributed by atoms with Gasteiger partial charge in [-0.25, -0.2) is 9.37 Å². The van der Waals surface area contributed by atoms with E-state index in [1.165, 1.54) is 12.1 Å². The summed E-state index contributed by atoms with van der Waals surface area (Å²) in [4.78, 5) is 21.9. The first-order chi connectivity index (χ1) is 23.8. The molecule has 0 aliphatic carbocycles. The Hall–Kier alpha value is -5.23. The van der Waals surface area contributed by atoms with Crippen LogP contribution in [0.1, 0.15) is 30.7 Å². The summed E-state index contributed by atoms with van der Waals surface area (Å²) in [6.45, 7) is 10.1. The van der Waals surface area contributed by atoms with Crippen LogP contribution in [0.3, 0.4) is 0 Å².